The molecule has 0 saturated carbocycles. The van der Waals surface area contributed by atoms with Crippen LogP contribution in [0.5, 0.6) is 0 Å². The molecular weight excluding hydrogens is 346 g/mol. The van der Waals surface area contributed by atoms with Gasteiger partial charge in [-0.2, -0.15) is 11.8 Å². The van der Waals surface area contributed by atoms with Gasteiger partial charge in [-0.25, -0.2) is 4.79 Å². The normalized spacial score (nSPS) is 14.6. The summed E-state index contributed by atoms with van der Waals surface area (Å²) in [6.07, 6.45) is 2.67. The fourth-order valence-electron chi connectivity index (χ4n) is 2.36. The lowest BCUT2D eigenvalue weighted by Gasteiger charge is -2.14. The van der Waals surface area contributed by atoms with Crippen LogP contribution in [0.3, 0.4) is 0 Å². The van der Waals surface area contributed by atoms with E-state index in [1.807, 2.05) is 11.8 Å². The topological polar surface area (TPSA) is 64.6 Å². The van der Waals surface area contributed by atoms with Gasteiger partial charge in [-0.1, -0.05) is 6.08 Å². The summed E-state index contributed by atoms with van der Waals surface area (Å²) >= 11 is 3.30. The maximum absolute atomic E-state index is 12.3. The van der Waals surface area contributed by atoms with E-state index in [1.54, 1.807) is 19.9 Å². The number of nitrogens with one attached hydrogen (secondary N) is 1. The molecule has 0 aromatic carbocycles. The minimum absolute atomic E-state index is 0.254. The largest absolute Gasteiger partial charge is 0.462 e. The molecule has 132 valence electrons. The van der Waals surface area contributed by atoms with E-state index in [0.717, 1.165) is 28.4 Å². The van der Waals surface area contributed by atoms with Crippen molar-refractivity contribution < 1.29 is 19.1 Å². The van der Waals surface area contributed by atoms with E-state index < -0.39 is 6.10 Å². The number of hydrogen-bond acceptors (Lipinski definition) is 6. The molecule has 24 heavy (non-hydrogen) atoms. The van der Waals surface area contributed by atoms with Gasteiger partial charge in [0.2, 0.25) is 0 Å². The van der Waals surface area contributed by atoms with Gasteiger partial charge in [0.1, 0.15) is 11.1 Å². The standard InChI is InChI=1S/C17H23NO4S2/c1-4-6-8-22-11(3)15(19)18-16-14(17(20)21-5-2)12-7-9-23-10-13(12)24-16/h4,11H,1,5-10H2,2-3H3,(H,18,19). The van der Waals surface area contributed by atoms with Gasteiger partial charge in [-0.3, -0.25) is 4.79 Å². The molecule has 1 unspecified atom stereocenters. The van der Waals surface area contributed by atoms with Crippen LogP contribution in [0.25, 0.3) is 0 Å². The summed E-state index contributed by atoms with van der Waals surface area (Å²) in [5.74, 6) is 1.23. The van der Waals surface area contributed by atoms with Crippen LogP contribution in [0.15, 0.2) is 12.7 Å². The molecule has 1 aromatic heterocycles. The number of esters is 1. The molecule has 2 rings (SSSR count). The smallest absolute Gasteiger partial charge is 0.341 e. The summed E-state index contributed by atoms with van der Waals surface area (Å²) in [5, 5.41) is 3.43. The first kappa shape index (κ1) is 19.0. The number of anilines is 1. The molecule has 1 aliphatic rings. The van der Waals surface area contributed by atoms with E-state index in [2.05, 4.69) is 11.9 Å². The summed E-state index contributed by atoms with van der Waals surface area (Å²) in [6.45, 7) is 7.86. The van der Waals surface area contributed by atoms with Gasteiger partial charge in [0.25, 0.3) is 5.91 Å². The van der Waals surface area contributed by atoms with E-state index in [1.165, 1.54) is 11.3 Å². The minimum Gasteiger partial charge on any atom is -0.462 e. The monoisotopic (exact) mass is 369 g/mol. The Morgan fingerprint density at radius 1 is 1.46 bits per heavy atom. The average Bonchev–Trinajstić information content (AvgIpc) is 2.93. The minimum atomic E-state index is -0.589. The zero-order chi connectivity index (χ0) is 17.5. The summed E-state index contributed by atoms with van der Waals surface area (Å²) < 4.78 is 10.6. The number of thioether (sulfide) groups is 1. The van der Waals surface area contributed by atoms with Crippen LogP contribution in [0.2, 0.25) is 0 Å². The van der Waals surface area contributed by atoms with Crippen LogP contribution in [-0.4, -0.2) is 36.9 Å². The van der Waals surface area contributed by atoms with Crippen molar-refractivity contribution in [2.45, 2.75) is 38.5 Å². The first-order valence-electron chi connectivity index (χ1n) is 8.01. The van der Waals surface area contributed by atoms with Crippen LogP contribution < -0.4 is 5.32 Å². The lowest BCUT2D eigenvalue weighted by Crippen LogP contribution is -2.28. The van der Waals surface area contributed by atoms with Crippen molar-refractivity contribution in [2.24, 2.45) is 0 Å². The highest BCUT2D eigenvalue weighted by Gasteiger charge is 2.28. The highest BCUT2D eigenvalue weighted by atomic mass is 32.2. The van der Waals surface area contributed by atoms with E-state index in [4.69, 9.17) is 9.47 Å². The summed E-state index contributed by atoms with van der Waals surface area (Å²) in [7, 11) is 0. The molecule has 5 nitrogen and oxygen atoms in total. The Balaban J connectivity index is 2.16. The van der Waals surface area contributed by atoms with Crippen LogP contribution in [0, 0.1) is 0 Å². The van der Waals surface area contributed by atoms with Gasteiger partial charge < -0.3 is 14.8 Å². The Bertz CT molecular complexity index is 612. The number of carbonyl (C=O) groups excluding carboxylic acids is 2. The fourth-order valence-corrected chi connectivity index (χ4v) is 4.73. The summed E-state index contributed by atoms with van der Waals surface area (Å²) in [6, 6.07) is 0. The molecule has 0 bridgehead atoms. The molecule has 0 aliphatic carbocycles. The lowest BCUT2D eigenvalue weighted by atomic mass is 10.1. The van der Waals surface area contributed by atoms with Crippen molar-refractivity contribution in [1.82, 2.24) is 0 Å². The molecule has 0 saturated heterocycles. The second-order valence-electron chi connectivity index (χ2n) is 5.31. The number of fused-ring (bicyclic) bond motifs is 1. The molecule has 1 N–H and O–H groups in total. The van der Waals surface area contributed by atoms with E-state index in [0.29, 0.717) is 30.2 Å². The van der Waals surface area contributed by atoms with Gasteiger partial charge in [0.05, 0.1) is 18.8 Å². The van der Waals surface area contributed by atoms with Crippen molar-refractivity contribution in [1.29, 1.82) is 0 Å². The maximum atomic E-state index is 12.3. The Labute approximate surface area is 150 Å². The first-order valence-corrected chi connectivity index (χ1v) is 9.98. The Morgan fingerprint density at radius 3 is 2.96 bits per heavy atom. The zero-order valence-electron chi connectivity index (χ0n) is 14.1. The average molecular weight is 370 g/mol. The molecular formula is C17H23NO4S2. The fraction of sp³-hybridized carbons (Fsp3) is 0.529. The Morgan fingerprint density at radius 2 is 2.25 bits per heavy atom. The van der Waals surface area contributed by atoms with Crippen molar-refractivity contribution in [3.63, 3.8) is 0 Å². The first-order chi connectivity index (χ1) is 11.6. The van der Waals surface area contributed by atoms with E-state index >= 15 is 0 Å². The highest BCUT2D eigenvalue weighted by Crippen LogP contribution is 2.39. The van der Waals surface area contributed by atoms with Gasteiger partial charge in [0, 0.05) is 10.6 Å². The zero-order valence-corrected chi connectivity index (χ0v) is 15.7. The molecule has 0 spiro atoms. The van der Waals surface area contributed by atoms with Crippen LogP contribution in [0.1, 0.15) is 41.1 Å². The predicted octanol–water partition coefficient (Wildman–Crippen LogP) is 3.63. The number of hydrogen-bond donors (Lipinski definition) is 1. The number of thiophene rings is 1. The predicted molar refractivity (Wildman–Crippen MR) is 99.0 cm³/mol. The third kappa shape index (κ3) is 4.62. The SMILES string of the molecule is C=CCCOC(C)C(=O)Nc1sc2c(c1C(=O)OCC)CCSC2. The molecule has 2 heterocycles. The number of amides is 1. The van der Waals surface area contributed by atoms with Crippen molar-refractivity contribution >= 4 is 40.0 Å². The van der Waals surface area contributed by atoms with Gasteiger partial charge in [0.15, 0.2) is 0 Å². The molecule has 0 radical (unpaired) electrons. The van der Waals surface area contributed by atoms with Gasteiger partial charge in [-0.05, 0) is 38.0 Å². The van der Waals surface area contributed by atoms with Crippen molar-refractivity contribution in [3.05, 3.63) is 28.7 Å². The second kappa shape index (κ2) is 9.25. The van der Waals surface area contributed by atoms with Crippen LogP contribution in [0.4, 0.5) is 5.00 Å². The number of ether oxygens (including phenoxy) is 2. The van der Waals surface area contributed by atoms with Gasteiger partial charge in [-0.15, -0.1) is 17.9 Å². The van der Waals surface area contributed by atoms with Gasteiger partial charge >= 0.3 is 5.97 Å². The molecule has 1 amide bonds. The summed E-state index contributed by atoms with van der Waals surface area (Å²) in [5.41, 5.74) is 1.54. The molecule has 1 atom stereocenters. The third-order valence-corrected chi connectivity index (χ3v) is 5.91. The quantitative estimate of drug-likeness (QED) is 0.431. The molecule has 7 heteroatoms. The molecule has 1 aliphatic heterocycles. The maximum Gasteiger partial charge on any atom is 0.341 e. The lowest BCUT2D eigenvalue weighted by molar-refractivity contribution is -0.126. The van der Waals surface area contributed by atoms with Crippen molar-refractivity contribution in [3.8, 4) is 0 Å². The van der Waals surface area contributed by atoms with Crippen LogP contribution in [-0.2, 0) is 26.4 Å². The number of carbonyl (C=O) groups is 2. The molecule has 1 aromatic rings. The Kier molecular flexibility index (Phi) is 7.33. The summed E-state index contributed by atoms with van der Waals surface area (Å²) in [4.78, 5) is 25.8. The van der Waals surface area contributed by atoms with Crippen molar-refractivity contribution in [2.75, 3.05) is 24.3 Å². The highest BCUT2D eigenvalue weighted by molar-refractivity contribution is 7.98. The number of rotatable bonds is 8. The Hall–Kier alpha value is -1.31. The van der Waals surface area contributed by atoms with E-state index in [9.17, 15) is 9.59 Å². The van der Waals surface area contributed by atoms with Crippen LogP contribution >= 0.6 is 23.1 Å². The molecule has 0 fully saturated rings. The van der Waals surface area contributed by atoms with E-state index in [-0.39, 0.29) is 11.9 Å². The third-order valence-electron chi connectivity index (χ3n) is 3.60. The second-order valence-corrected chi connectivity index (χ2v) is 7.52.